The van der Waals surface area contributed by atoms with E-state index >= 15 is 0 Å². The molecule has 1 saturated heterocycles. The number of hydrogen-bond acceptors (Lipinski definition) is 4. The Hall–Kier alpha value is -2.47. The van der Waals surface area contributed by atoms with Crippen LogP contribution in [0, 0.1) is 0 Å². The number of amides is 1. The molecule has 2 heterocycles. The highest BCUT2D eigenvalue weighted by molar-refractivity contribution is 5.92. The number of para-hydroxylation sites is 1. The zero-order chi connectivity index (χ0) is 17.2. The summed E-state index contributed by atoms with van der Waals surface area (Å²) in [6, 6.07) is 12.2. The summed E-state index contributed by atoms with van der Waals surface area (Å²) in [5.74, 6) is -0.120. The van der Waals surface area contributed by atoms with Crippen molar-refractivity contribution in [3.05, 3.63) is 58.5 Å². The van der Waals surface area contributed by atoms with Crippen molar-refractivity contribution in [2.75, 3.05) is 13.2 Å². The molecule has 4 rings (SSSR count). The van der Waals surface area contributed by atoms with Crippen LogP contribution in [0.5, 0.6) is 0 Å². The lowest BCUT2D eigenvalue weighted by Gasteiger charge is -2.43. The smallest absolute Gasteiger partial charge is 0.274 e. The SMILES string of the molecule is O=C(c1ccc(=O)n(-c2ccccc2)n1)N1CCO[C@H]2CCCC[C@@H]21. The fourth-order valence-electron chi connectivity index (χ4n) is 3.78. The number of benzene rings is 1. The Morgan fingerprint density at radius 2 is 1.88 bits per heavy atom. The van der Waals surface area contributed by atoms with E-state index in [1.54, 1.807) is 12.1 Å². The largest absolute Gasteiger partial charge is 0.374 e. The van der Waals surface area contributed by atoms with Crippen molar-refractivity contribution in [1.82, 2.24) is 14.7 Å². The summed E-state index contributed by atoms with van der Waals surface area (Å²) in [5.41, 5.74) is 0.703. The van der Waals surface area contributed by atoms with Gasteiger partial charge in [0.15, 0.2) is 0 Å². The number of nitrogens with zero attached hydrogens (tertiary/aromatic N) is 3. The molecule has 0 N–H and O–H groups in total. The molecule has 2 aromatic rings. The maximum atomic E-state index is 13.0. The molecule has 1 aliphatic heterocycles. The van der Waals surface area contributed by atoms with Gasteiger partial charge in [-0.1, -0.05) is 31.0 Å². The number of hydrogen-bond donors (Lipinski definition) is 0. The van der Waals surface area contributed by atoms with Gasteiger partial charge in [-0.15, -0.1) is 0 Å². The molecule has 1 aromatic carbocycles. The molecule has 1 aliphatic carbocycles. The zero-order valence-electron chi connectivity index (χ0n) is 14.0. The fraction of sp³-hybridized carbons (Fsp3) is 0.421. The average Bonchev–Trinajstić information content (AvgIpc) is 2.68. The van der Waals surface area contributed by atoms with Crippen LogP contribution in [-0.2, 0) is 4.74 Å². The Bertz CT molecular complexity index is 816. The van der Waals surface area contributed by atoms with E-state index in [1.807, 2.05) is 23.1 Å². The summed E-state index contributed by atoms with van der Waals surface area (Å²) in [4.78, 5) is 27.1. The number of carbonyl (C=O) groups is 1. The van der Waals surface area contributed by atoms with Gasteiger partial charge in [-0.2, -0.15) is 9.78 Å². The number of ether oxygens (including phenoxy) is 1. The maximum Gasteiger partial charge on any atom is 0.274 e. The van der Waals surface area contributed by atoms with Gasteiger partial charge in [-0.05, 0) is 31.0 Å². The van der Waals surface area contributed by atoms with E-state index in [-0.39, 0.29) is 23.6 Å². The molecule has 1 saturated carbocycles. The lowest BCUT2D eigenvalue weighted by Crippen LogP contribution is -2.55. The van der Waals surface area contributed by atoms with E-state index in [4.69, 9.17) is 4.74 Å². The molecule has 2 aliphatic rings. The third kappa shape index (κ3) is 3.09. The Morgan fingerprint density at radius 3 is 2.72 bits per heavy atom. The molecule has 1 aromatic heterocycles. The van der Waals surface area contributed by atoms with Crippen LogP contribution in [0.1, 0.15) is 36.2 Å². The number of fused-ring (bicyclic) bond motifs is 1. The first-order valence-corrected chi connectivity index (χ1v) is 8.82. The molecule has 130 valence electrons. The van der Waals surface area contributed by atoms with Crippen molar-refractivity contribution < 1.29 is 9.53 Å². The van der Waals surface area contributed by atoms with Gasteiger partial charge >= 0.3 is 0 Å². The van der Waals surface area contributed by atoms with Gasteiger partial charge in [0.05, 0.1) is 24.4 Å². The minimum atomic E-state index is -0.250. The molecule has 6 nitrogen and oxygen atoms in total. The van der Waals surface area contributed by atoms with Crippen molar-refractivity contribution in [1.29, 1.82) is 0 Å². The number of aromatic nitrogens is 2. The fourth-order valence-corrected chi connectivity index (χ4v) is 3.78. The third-order valence-electron chi connectivity index (χ3n) is 5.01. The van der Waals surface area contributed by atoms with Crippen LogP contribution in [0.2, 0.25) is 0 Å². The van der Waals surface area contributed by atoms with E-state index in [9.17, 15) is 9.59 Å². The zero-order valence-corrected chi connectivity index (χ0v) is 14.0. The minimum absolute atomic E-state index is 0.119. The van der Waals surface area contributed by atoms with Crippen molar-refractivity contribution in [3.63, 3.8) is 0 Å². The Morgan fingerprint density at radius 1 is 1.08 bits per heavy atom. The molecular formula is C19H21N3O3. The van der Waals surface area contributed by atoms with Crippen LogP contribution in [0.4, 0.5) is 0 Å². The summed E-state index contributed by atoms with van der Waals surface area (Å²) < 4.78 is 7.12. The number of carbonyl (C=O) groups excluding carboxylic acids is 1. The first-order chi connectivity index (χ1) is 12.2. The van der Waals surface area contributed by atoms with Crippen molar-refractivity contribution in [2.24, 2.45) is 0 Å². The Kier molecular flexibility index (Phi) is 4.36. The molecular weight excluding hydrogens is 318 g/mol. The molecule has 0 radical (unpaired) electrons. The summed E-state index contributed by atoms with van der Waals surface area (Å²) in [7, 11) is 0. The maximum absolute atomic E-state index is 13.0. The molecule has 6 heteroatoms. The quantitative estimate of drug-likeness (QED) is 0.840. The molecule has 2 atom stereocenters. The highest BCUT2D eigenvalue weighted by Gasteiger charge is 2.37. The summed E-state index contributed by atoms with van der Waals surface area (Å²) in [6.45, 7) is 1.14. The summed E-state index contributed by atoms with van der Waals surface area (Å²) in [6.07, 6.45) is 4.37. The predicted molar refractivity (Wildman–Crippen MR) is 92.9 cm³/mol. The van der Waals surface area contributed by atoms with Gasteiger partial charge in [0.25, 0.3) is 11.5 Å². The lowest BCUT2D eigenvalue weighted by molar-refractivity contribution is -0.0754. The Labute approximate surface area is 146 Å². The highest BCUT2D eigenvalue weighted by Crippen LogP contribution is 2.29. The second-order valence-electron chi connectivity index (χ2n) is 6.56. The minimum Gasteiger partial charge on any atom is -0.374 e. The van der Waals surface area contributed by atoms with Gasteiger partial charge < -0.3 is 9.64 Å². The summed E-state index contributed by atoms with van der Waals surface area (Å²) in [5, 5.41) is 4.33. The second kappa shape index (κ2) is 6.80. The topological polar surface area (TPSA) is 64.4 Å². The van der Waals surface area contributed by atoms with Gasteiger partial charge in [0.2, 0.25) is 0 Å². The third-order valence-corrected chi connectivity index (χ3v) is 5.01. The van der Waals surface area contributed by atoms with E-state index in [2.05, 4.69) is 5.10 Å². The second-order valence-corrected chi connectivity index (χ2v) is 6.56. The van der Waals surface area contributed by atoms with Crippen molar-refractivity contribution >= 4 is 5.91 Å². The van der Waals surface area contributed by atoms with Crippen molar-refractivity contribution in [3.8, 4) is 5.69 Å². The van der Waals surface area contributed by atoms with Gasteiger partial charge in [-0.3, -0.25) is 9.59 Å². The number of morpholine rings is 1. The predicted octanol–water partition coefficient (Wildman–Crippen LogP) is 2.02. The normalized spacial score (nSPS) is 23.1. The standard InChI is InChI=1S/C19H21N3O3/c23-18-11-10-15(20-22(18)14-6-2-1-3-7-14)19(24)21-12-13-25-17-9-5-4-8-16(17)21/h1-3,6-7,10-11,16-17H,4-5,8-9,12-13H2/t16-,17-/m0/s1. The van der Waals surface area contributed by atoms with E-state index in [0.717, 1.165) is 25.7 Å². The van der Waals surface area contributed by atoms with Crippen LogP contribution >= 0.6 is 0 Å². The van der Waals surface area contributed by atoms with Crippen LogP contribution in [0.15, 0.2) is 47.3 Å². The van der Waals surface area contributed by atoms with Crippen molar-refractivity contribution in [2.45, 2.75) is 37.8 Å². The van der Waals surface area contributed by atoms with Crippen LogP contribution in [-0.4, -0.2) is 45.9 Å². The molecule has 0 unspecified atom stereocenters. The van der Waals surface area contributed by atoms with Gasteiger partial charge in [0.1, 0.15) is 5.69 Å². The lowest BCUT2D eigenvalue weighted by atomic mass is 9.90. The van der Waals surface area contributed by atoms with E-state index in [1.165, 1.54) is 16.8 Å². The highest BCUT2D eigenvalue weighted by atomic mass is 16.5. The van der Waals surface area contributed by atoms with Crippen LogP contribution in [0.25, 0.3) is 5.69 Å². The van der Waals surface area contributed by atoms with Crippen LogP contribution in [0.3, 0.4) is 0 Å². The van der Waals surface area contributed by atoms with E-state index < -0.39 is 0 Å². The molecule has 0 bridgehead atoms. The van der Waals surface area contributed by atoms with Gasteiger partial charge in [-0.25, -0.2) is 0 Å². The summed E-state index contributed by atoms with van der Waals surface area (Å²) >= 11 is 0. The Balaban J connectivity index is 1.65. The first kappa shape index (κ1) is 16.0. The van der Waals surface area contributed by atoms with Gasteiger partial charge in [0, 0.05) is 12.6 Å². The molecule has 0 spiro atoms. The monoisotopic (exact) mass is 339 g/mol. The van der Waals surface area contributed by atoms with Crippen LogP contribution < -0.4 is 5.56 Å². The molecule has 25 heavy (non-hydrogen) atoms. The first-order valence-electron chi connectivity index (χ1n) is 8.82. The van der Waals surface area contributed by atoms with E-state index in [0.29, 0.717) is 24.5 Å². The average molecular weight is 339 g/mol. The molecule has 2 fully saturated rings. The number of rotatable bonds is 2. The molecule has 1 amide bonds.